The Morgan fingerprint density at radius 3 is 2.60 bits per heavy atom. The van der Waals surface area contributed by atoms with Gasteiger partial charge in [0.05, 0.1) is 19.3 Å². The molecular weight excluding hydrogens is 200 g/mol. The number of hydrogen-bond acceptors (Lipinski definition) is 5. The molecule has 0 aromatic heterocycles. The molecule has 0 bridgehead atoms. The lowest BCUT2D eigenvalue weighted by Crippen LogP contribution is -2.26. The van der Waals surface area contributed by atoms with Crippen molar-refractivity contribution < 1.29 is 23.8 Å². The summed E-state index contributed by atoms with van der Waals surface area (Å²) in [5.74, 6) is -2.03. The zero-order valence-electron chi connectivity index (χ0n) is 9.24. The van der Waals surface area contributed by atoms with Gasteiger partial charge >= 0.3 is 5.97 Å². The lowest BCUT2D eigenvalue weighted by molar-refractivity contribution is -0.157. The Balaban J connectivity index is 2.37. The van der Waals surface area contributed by atoms with Crippen molar-refractivity contribution in [1.82, 2.24) is 0 Å². The van der Waals surface area contributed by atoms with Crippen LogP contribution in [0.2, 0.25) is 0 Å². The summed E-state index contributed by atoms with van der Waals surface area (Å²) in [5, 5.41) is 0. The van der Waals surface area contributed by atoms with Crippen LogP contribution in [-0.2, 0) is 23.8 Å². The first kappa shape index (κ1) is 12.1. The highest BCUT2D eigenvalue weighted by atomic mass is 16.7. The van der Waals surface area contributed by atoms with Gasteiger partial charge in [0.2, 0.25) is 5.78 Å². The summed E-state index contributed by atoms with van der Waals surface area (Å²) in [6, 6.07) is 0. The minimum atomic E-state index is -0.800. The third-order valence-electron chi connectivity index (χ3n) is 1.98. The Morgan fingerprint density at radius 2 is 2.13 bits per heavy atom. The maximum absolute atomic E-state index is 11.3. The molecule has 1 heterocycles. The number of rotatable bonds is 4. The first-order valence-electron chi connectivity index (χ1n) is 4.96. The number of esters is 1. The molecule has 0 N–H and O–H groups in total. The van der Waals surface area contributed by atoms with Crippen molar-refractivity contribution in [3.05, 3.63) is 0 Å². The molecule has 0 aliphatic carbocycles. The maximum Gasteiger partial charge on any atom is 0.374 e. The van der Waals surface area contributed by atoms with E-state index >= 15 is 0 Å². The first-order valence-corrected chi connectivity index (χ1v) is 4.96. The van der Waals surface area contributed by atoms with E-state index in [9.17, 15) is 9.59 Å². The normalized spacial score (nSPS) is 23.8. The summed E-state index contributed by atoms with van der Waals surface area (Å²) in [4.78, 5) is 22.3. The monoisotopic (exact) mass is 216 g/mol. The molecule has 1 unspecified atom stereocenters. The average molecular weight is 216 g/mol. The van der Waals surface area contributed by atoms with E-state index in [-0.39, 0.29) is 19.1 Å². The number of ether oxygens (including phenoxy) is 3. The second kappa shape index (κ2) is 4.72. The van der Waals surface area contributed by atoms with Crippen molar-refractivity contribution >= 4 is 11.8 Å². The van der Waals surface area contributed by atoms with E-state index in [1.165, 1.54) is 0 Å². The van der Waals surface area contributed by atoms with Gasteiger partial charge in [-0.3, -0.25) is 4.79 Å². The SMILES string of the molecule is CCOC(=O)C(=O)CC1COC(C)(C)O1. The standard InChI is InChI=1S/C10H16O5/c1-4-13-9(12)8(11)5-7-6-14-10(2,3)15-7/h7H,4-6H2,1-3H3. The van der Waals surface area contributed by atoms with Crippen molar-refractivity contribution in [2.45, 2.75) is 39.1 Å². The number of carbonyl (C=O) groups is 2. The van der Waals surface area contributed by atoms with Crippen LogP contribution in [0.4, 0.5) is 0 Å². The summed E-state index contributed by atoms with van der Waals surface area (Å²) >= 11 is 0. The van der Waals surface area contributed by atoms with Crippen LogP contribution in [0, 0.1) is 0 Å². The topological polar surface area (TPSA) is 61.8 Å². The molecule has 1 fully saturated rings. The molecule has 1 atom stereocenters. The lowest BCUT2D eigenvalue weighted by atomic mass is 10.2. The summed E-state index contributed by atoms with van der Waals surface area (Å²) in [6.45, 7) is 5.73. The minimum Gasteiger partial charge on any atom is -0.460 e. The van der Waals surface area contributed by atoms with Gasteiger partial charge in [-0.25, -0.2) is 4.79 Å². The summed E-state index contributed by atoms with van der Waals surface area (Å²) in [6.07, 6.45) is -0.334. The fourth-order valence-electron chi connectivity index (χ4n) is 1.37. The van der Waals surface area contributed by atoms with Crippen LogP contribution in [-0.4, -0.2) is 36.9 Å². The Morgan fingerprint density at radius 1 is 1.47 bits per heavy atom. The van der Waals surface area contributed by atoms with Gasteiger partial charge in [-0.2, -0.15) is 0 Å². The second-order valence-electron chi connectivity index (χ2n) is 3.80. The molecule has 5 heteroatoms. The maximum atomic E-state index is 11.3. The van der Waals surface area contributed by atoms with Gasteiger partial charge in [-0.15, -0.1) is 0 Å². The van der Waals surface area contributed by atoms with Crippen molar-refractivity contribution in [2.24, 2.45) is 0 Å². The summed E-state index contributed by atoms with van der Waals surface area (Å²) in [5.41, 5.74) is 0. The van der Waals surface area contributed by atoms with Crippen LogP contribution in [0.1, 0.15) is 27.2 Å². The van der Waals surface area contributed by atoms with Gasteiger partial charge in [0, 0.05) is 6.42 Å². The van der Waals surface area contributed by atoms with E-state index in [0.29, 0.717) is 6.61 Å². The zero-order chi connectivity index (χ0) is 11.5. The molecule has 5 nitrogen and oxygen atoms in total. The Labute approximate surface area is 88.7 Å². The van der Waals surface area contributed by atoms with E-state index in [0.717, 1.165) is 0 Å². The molecule has 0 spiro atoms. The molecule has 0 aromatic carbocycles. The highest BCUT2D eigenvalue weighted by molar-refractivity contribution is 6.33. The van der Waals surface area contributed by atoms with E-state index in [2.05, 4.69) is 4.74 Å². The zero-order valence-corrected chi connectivity index (χ0v) is 9.24. The van der Waals surface area contributed by atoms with E-state index in [1.807, 2.05) is 0 Å². The minimum absolute atomic E-state index is 0.0161. The molecule has 0 aromatic rings. The average Bonchev–Trinajstić information content (AvgIpc) is 2.46. The highest BCUT2D eigenvalue weighted by Crippen LogP contribution is 2.24. The van der Waals surface area contributed by atoms with Crippen LogP contribution in [0.3, 0.4) is 0 Å². The van der Waals surface area contributed by atoms with Gasteiger partial charge in [0.25, 0.3) is 0 Å². The summed E-state index contributed by atoms with van der Waals surface area (Å²) in [7, 11) is 0. The Bertz CT molecular complexity index is 259. The second-order valence-corrected chi connectivity index (χ2v) is 3.80. The Kier molecular flexibility index (Phi) is 3.82. The van der Waals surface area contributed by atoms with Crippen LogP contribution in [0.25, 0.3) is 0 Å². The predicted octanol–water partition coefficient (Wildman–Crippen LogP) is 0.660. The molecule has 0 radical (unpaired) electrons. The predicted molar refractivity (Wildman–Crippen MR) is 51.2 cm³/mol. The lowest BCUT2D eigenvalue weighted by Gasteiger charge is -2.16. The largest absolute Gasteiger partial charge is 0.460 e. The van der Waals surface area contributed by atoms with Crippen molar-refractivity contribution in [1.29, 1.82) is 0 Å². The summed E-state index contributed by atoms with van der Waals surface area (Å²) < 4.78 is 15.2. The highest BCUT2D eigenvalue weighted by Gasteiger charge is 2.35. The molecule has 1 aliphatic heterocycles. The molecule has 1 aliphatic rings. The number of Topliss-reactive ketones (excluding diaryl/α,β-unsaturated/α-hetero) is 1. The number of hydrogen-bond donors (Lipinski definition) is 0. The number of ketones is 1. The van der Waals surface area contributed by atoms with Gasteiger partial charge < -0.3 is 14.2 Å². The van der Waals surface area contributed by atoms with Crippen LogP contribution in [0.5, 0.6) is 0 Å². The third-order valence-corrected chi connectivity index (χ3v) is 1.98. The van der Waals surface area contributed by atoms with Crippen molar-refractivity contribution in [2.75, 3.05) is 13.2 Å². The fraction of sp³-hybridized carbons (Fsp3) is 0.800. The van der Waals surface area contributed by atoms with Crippen LogP contribution in [0.15, 0.2) is 0 Å². The van der Waals surface area contributed by atoms with E-state index in [1.54, 1.807) is 20.8 Å². The molecule has 15 heavy (non-hydrogen) atoms. The third kappa shape index (κ3) is 3.60. The molecule has 1 saturated heterocycles. The molecule has 0 saturated carbocycles. The molecule has 0 amide bonds. The number of carbonyl (C=O) groups excluding carboxylic acids is 2. The first-order chi connectivity index (χ1) is 6.94. The Hall–Kier alpha value is -0.940. The fourth-order valence-corrected chi connectivity index (χ4v) is 1.37. The van der Waals surface area contributed by atoms with Crippen LogP contribution < -0.4 is 0 Å². The van der Waals surface area contributed by atoms with Gasteiger partial charge in [0.1, 0.15) is 0 Å². The smallest absolute Gasteiger partial charge is 0.374 e. The van der Waals surface area contributed by atoms with E-state index in [4.69, 9.17) is 9.47 Å². The molecule has 86 valence electrons. The van der Waals surface area contributed by atoms with Crippen molar-refractivity contribution in [3.63, 3.8) is 0 Å². The van der Waals surface area contributed by atoms with E-state index < -0.39 is 17.5 Å². The van der Waals surface area contributed by atoms with Gasteiger partial charge in [-0.1, -0.05) is 0 Å². The van der Waals surface area contributed by atoms with Crippen LogP contribution >= 0.6 is 0 Å². The van der Waals surface area contributed by atoms with Crippen molar-refractivity contribution in [3.8, 4) is 0 Å². The van der Waals surface area contributed by atoms with Gasteiger partial charge in [-0.05, 0) is 20.8 Å². The molecule has 1 rings (SSSR count). The molecular formula is C10H16O5. The van der Waals surface area contributed by atoms with Gasteiger partial charge in [0.15, 0.2) is 5.79 Å². The quantitative estimate of drug-likeness (QED) is 0.510.